The molecule has 0 bridgehead atoms. The molecule has 0 amide bonds. The highest BCUT2D eigenvalue weighted by atomic mass is 19.2. The summed E-state index contributed by atoms with van der Waals surface area (Å²) in [6.45, 7) is 2.66. The molecule has 0 radical (unpaired) electrons. The maximum atomic E-state index is 13.6. The van der Waals surface area contributed by atoms with E-state index in [9.17, 15) is 22.0 Å². The second-order valence-electron chi connectivity index (χ2n) is 4.17. The van der Waals surface area contributed by atoms with Crippen LogP contribution in [-0.4, -0.2) is 25.7 Å². The molecule has 100 valence electrons. The molecule has 0 saturated carbocycles. The lowest BCUT2D eigenvalue weighted by Crippen LogP contribution is -2.50. The van der Waals surface area contributed by atoms with Gasteiger partial charge in [0, 0.05) is 25.7 Å². The van der Waals surface area contributed by atoms with Crippen LogP contribution in [0.3, 0.4) is 0 Å². The quantitative estimate of drug-likeness (QED) is 0.476. The van der Waals surface area contributed by atoms with Crippen LogP contribution in [0.15, 0.2) is 0 Å². The molecule has 2 rings (SSSR count). The van der Waals surface area contributed by atoms with Crippen molar-refractivity contribution in [3.8, 4) is 0 Å². The van der Waals surface area contributed by atoms with Crippen molar-refractivity contribution in [2.75, 3.05) is 24.5 Å². The van der Waals surface area contributed by atoms with E-state index in [0.29, 0.717) is 13.1 Å². The molecule has 1 aliphatic heterocycles. The summed E-state index contributed by atoms with van der Waals surface area (Å²) >= 11 is 0. The van der Waals surface area contributed by atoms with Crippen LogP contribution in [0.4, 0.5) is 27.6 Å². The highest BCUT2D eigenvalue weighted by molar-refractivity contribution is 5.51. The molecule has 1 unspecified atom stereocenters. The monoisotopic (exact) mass is 266 g/mol. The second-order valence-corrected chi connectivity index (χ2v) is 4.17. The zero-order chi connectivity index (χ0) is 13.4. The number of piperazine rings is 1. The zero-order valence-corrected chi connectivity index (χ0v) is 9.54. The van der Waals surface area contributed by atoms with E-state index in [1.807, 2.05) is 0 Å². The molecule has 0 spiro atoms. The normalized spacial score (nSPS) is 20.3. The number of hydrogen-bond donors (Lipinski definition) is 1. The van der Waals surface area contributed by atoms with Crippen molar-refractivity contribution in [3.05, 3.63) is 29.1 Å². The molecular weight excluding hydrogens is 255 g/mol. The number of rotatable bonds is 1. The highest BCUT2D eigenvalue weighted by Gasteiger charge is 2.31. The summed E-state index contributed by atoms with van der Waals surface area (Å²) in [5.41, 5.74) is -0.847. The van der Waals surface area contributed by atoms with Crippen molar-refractivity contribution < 1.29 is 22.0 Å². The van der Waals surface area contributed by atoms with Crippen molar-refractivity contribution in [1.82, 2.24) is 5.32 Å². The van der Waals surface area contributed by atoms with Gasteiger partial charge in [-0.1, -0.05) is 0 Å². The van der Waals surface area contributed by atoms with Gasteiger partial charge >= 0.3 is 0 Å². The zero-order valence-electron chi connectivity index (χ0n) is 9.54. The predicted octanol–water partition coefficient (Wildman–Crippen LogP) is 2.18. The standard InChI is InChI=1S/C11H11F5N2/c1-5-4-17-2-3-18(5)11-9(15)7(13)6(12)8(14)10(11)16/h5,17H,2-4H2,1H3. The van der Waals surface area contributed by atoms with Gasteiger partial charge < -0.3 is 10.2 Å². The molecule has 1 saturated heterocycles. The summed E-state index contributed by atoms with van der Waals surface area (Å²) < 4.78 is 66.2. The van der Waals surface area contributed by atoms with E-state index in [2.05, 4.69) is 5.32 Å². The van der Waals surface area contributed by atoms with E-state index in [4.69, 9.17) is 0 Å². The Morgan fingerprint density at radius 1 is 0.944 bits per heavy atom. The summed E-state index contributed by atoms with van der Waals surface area (Å²) in [7, 11) is 0. The van der Waals surface area contributed by atoms with Crippen LogP contribution in [0.5, 0.6) is 0 Å². The largest absolute Gasteiger partial charge is 0.361 e. The molecule has 1 aromatic carbocycles. The molecule has 7 heteroatoms. The molecule has 1 heterocycles. The lowest BCUT2D eigenvalue weighted by atomic mass is 10.1. The Hall–Kier alpha value is -1.37. The van der Waals surface area contributed by atoms with Crippen LogP contribution in [0.25, 0.3) is 0 Å². The van der Waals surface area contributed by atoms with E-state index in [0.717, 1.165) is 0 Å². The van der Waals surface area contributed by atoms with Crippen LogP contribution in [0.2, 0.25) is 0 Å². The predicted molar refractivity (Wildman–Crippen MR) is 55.9 cm³/mol. The first-order valence-electron chi connectivity index (χ1n) is 5.44. The lowest BCUT2D eigenvalue weighted by Gasteiger charge is -2.36. The Labute approximate surface area is 100 Å². The van der Waals surface area contributed by atoms with Gasteiger partial charge in [-0.2, -0.15) is 0 Å². The Balaban J connectivity index is 2.56. The van der Waals surface area contributed by atoms with E-state index in [1.165, 1.54) is 4.90 Å². The third-order valence-electron chi connectivity index (χ3n) is 2.98. The van der Waals surface area contributed by atoms with Gasteiger partial charge in [0.1, 0.15) is 5.69 Å². The number of nitrogens with one attached hydrogen (secondary N) is 1. The summed E-state index contributed by atoms with van der Waals surface area (Å²) in [6.07, 6.45) is 0. The van der Waals surface area contributed by atoms with Gasteiger partial charge in [-0.15, -0.1) is 0 Å². The lowest BCUT2D eigenvalue weighted by molar-refractivity contribution is 0.372. The van der Waals surface area contributed by atoms with Gasteiger partial charge in [0.05, 0.1) is 0 Å². The topological polar surface area (TPSA) is 15.3 Å². The molecule has 0 aliphatic carbocycles. The minimum atomic E-state index is -2.13. The highest BCUT2D eigenvalue weighted by Crippen LogP contribution is 2.31. The van der Waals surface area contributed by atoms with Gasteiger partial charge in [0.2, 0.25) is 5.82 Å². The van der Waals surface area contributed by atoms with Crippen molar-refractivity contribution in [2.24, 2.45) is 0 Å². The first-order chi connectivity index (χ1) is 8.45. The minimum absolute atomic E-state index is 0.180. The van der Waals surface area contributed by atoms with E-state index in [-0.39, 0.29) is 12.6 Å². The third-order valence-corrected chi connectivity index (χ3v) is 2.98. The molecule has 1 atom stereocenters. The van der Waals surface area contributed by atoms with Gasteiger partial charge in [0.15, 0.2) is 23.3 Å². The van der Waals surface area contributed by atoms with Crippen LogP contribution in [0.1, 0.15) is 6.92 Å². The Morgan fingerprint density at radius 2 is 1.44 bits per heavy atom. The summed E-state index contributed by atoms with van der Waals surface area (Å²) in [5.74, 6) is -9.50. The maximum Gasteiger partial charge on any atom is 0.200 e. The molecule has 1 aliphatic rings. The first-order valence-corrected chi connectivity index (χ1v) is 5.44. The summed E-state index contributed by atoms with van der Waals surface area (Å²) in [4.78, 5) is 1.19. The maximum absolute atomic E-state index is 13.6. The van der Waals surface area contributed by atoms with Crippen molar-refractivity contribution in [2.45, 2.75) is 13.0 Å². The van der Waals surface area contributed by atoms with E-state index < -0.39 is 34.8 Å². The third kappa shape index (κ3) is 1.92. The average Bonchev–Trinajstić information content (AvgIpc) is 2.36. The minimum Gasteiger partial charge on any atom is -0.361 e. The molecule has 18 heavy (non-hydrogen) atoms. The summed E-state index contributed by atoms with van der Waals surface area (Å²) in [6, 6.07) is -0.355. The molecule has 1 fully saturated rings. The molecule has 2 nitrogen and oxygen atoms in total. The Morgan fingerprint density at radius 3 is 1.94 bits per heavy atom. The Bertz CT molecular complexity index is 448. The Kier molecular flexibility index (Phi) is 3.43. The van der Waals surface area contributed by atoms with Crippen LogP contribution < -0.4 is 10.2 Å². The SMILES string of the molecule is CC1CNCCN1c1c(F)c(F)c(F)c(F)c1F. The van der Waals surface area contributed by atoms with E-state index in [1.54, 1.807) is 6.92 Å². The van der Waals surface area contributed by atoms with Gasteiger partial charge in [-0.3, -0.25) is 0 Å². The van der Waals surface area contributed by atoms with Crippen LogP contribution in [-0.2, 0) is 0 Å². The number of benzene rings is 1. The average molecular weight is 266 g/mol. The fourth-order valence-corrected chi connectivity index (χ4v) is 2.02. The van der Waals surface area contributed by atoms with E-state index >= 15 is 0 Å². The van der Waals surface area contributed by atoms with Crippen LogP contribution >= 0.6 is 0 Å². The van der Waals surface area contributed by atoms with Gasteiger partial charge in [0.25, 0.3) is 0 Å². The molecular formula is C11H11F5N2. The summed E-state index contributed by atoms with van der Waals surface area (Å²) in [5, 5.41) is 2.97. The smallest absolute Gasteiger partial charge is 0.200 e. The van der Waals surface area contributed by atoms with Crippen LogP contribution in [0, 0.1) is 29.1 Å². The first kappa shape index (κ1) is 13.1. The second kappa shape index (κ2) is 4.72. The number of hydrogen-bond acceptors (Lipinski definition) is 2. The fourth-order valence-electron chi connectivity index (χ4n) is 2.02. The number of anilines is 1. The molecule has 0 aromatic heterocycles. The molecule has 1 aromatic rings. The number of nitrogens with zero attached hydrogens (tertiary/aromatic N) is 1. The number of halogens is 5. The van der Waals surface area contributed by atoms with Crippen molar-refractivity contribution in [3.63, 3.8) is 0 Å². The van der Waals surface area contributed by atoms with Gasteiger partial charge in [-0.25, -0.2) is 22.0 Å². The van der Waals surface area contributed by atoms with Crippen molar-refractivity contribution >= 4 is 5.69 Å². The van der Waals surface area contributed by atoms with Crippen molar-refractivity contribution in [1.29, 1.82) is 0 Å². The van der Waals surface area contributed by atoms with Gasteiger partial charge in [-0.05, 0) is 6.92 Å². The molecule has 1 N–H and O–H groups in total. The fraction of sp³-hybridized carbons (Fsp3) is 0.455.